The minimum absolute atomic E-state index is 0.0454. The van der Waals surface area contributed by atoms with E-state index in [4.69, 9.17) is 4.74 Å². The van der Waals surface area contributed by atoms with Gasteiger partial charge in [0.15, 0.2) is 0 Å². The van der Waals surface area contributed by atoms with Crippen LogP contribution in [0.1, 0.15) is 18.6 Å². The van der Waals surface area contributed by atoms with Crippen molar-refractivity contribution >= 4 is 38.9 Å². The van der Waals surface area contributed by atoms with Crippen LogP contribution < -0.4 is 15.4 Å². The Morgan fingerprint density at radius 2 is 1.85 bits per heavy atom. The highest BCUT2D eigenvalue weighted by molar-refractivity contribution is 7.17. The van der Waals surface area contributed by atoms with Gasteiger partial charge in [-0.1, -0.05) is 18.2 Å². The van der Waals surface area contributed by atoms with Gasteiger partial charge in [0.05, 0.1) is 12.7 Å². The molecular formula is C20H20N2O4S. The van der Waals surface area contributed by atoms with Crippen LogP contribution in [0.5, 0.6) is 5.75 Å². The van der Waals surface area contributed by atoms with Crippen molar-refractivity contribution in [2.75, 3.05) is 18.5 Å². The molecule has 1 atom stereocenters. The maximum absolute atomic E-state index is 12.0. The normalized spacial score (nSPS) is 11.8. The van der Waals surface area contributed by atoms with Gasteiger partial charge in [-0.3, -0.25) is 9.59 Å². The molecule has 1 heterocycles. The minimum Gasteiger partial charge on any atom is -0.494 e. The van der Waals surface area contributed by atoms with Crippen molar-refractivity contribution in [3.63, 3.8) is 0 Å². The number of aliphatic hydroxyl groups is 1. The Morgan fingerprint density at radius 3 is 2.59 bits per heavy atom. The first-order chi connectivity index (χ1) is 13.1. The van der Waals surface area contributed by atoms with Crippen LogP contribution in [0.3, 0.4) is 0 Å². The fourth-order valence-corrected chi connectivity index (χ4v) is 3.63. The number of ether oxygens (including phenoxy) is 1. The third-order valence-electron chi connectivity index (χ3n) is 3.96. The number of rotatable bonds is 6. The standard InChI is InChI=1S/C20H20N2O4S/c1-2-26-14-9-7-13(8-10-14)22-20(25)19(24)21-11-17(23)16-12-27-18-6-4-3-5-15(16)18/h3-10,12,17,23H,2,11H2,1H3,(H,21,24)(H,22,25). The van der Waals surface area contributed by atoms with Gasteiger partial charge in [0.1, 0.15) is 5.75 Å². The second kappa shape index (κ2) is 8.66. The molecule has 140 valence electrons. The molecule has 0 radical (unpaired) electrons. The molecule has 6 nitrogen and oxygen atoms in total. The van der Waals surface area contributed by atoms with Crippen LogP contribution in [-0.4, -0.2) is 30.1 Å². The van der Waals surface area contributed by atoms with E-state index >= 15 is 0 Å². The lowest BCUT2D eigenvalue weighted by Crippen LogP contribution is -2.37. The van der Waals surface area contributed by atoms with Crippen LogP contribution in [0.25, 0.3) is 10.1 Å². The first-order valence-corrected chi connectivity index (χ1v) is 9.42. The molecule has 0 aliphatic rings. The van der Waals surface area contributed by atoms with Crippen molar-refractivity contribution in [1.29, 1.82) is 0 Å². The maximum Gasteiger partial charge on any atom is 0.313 e. The number of benzene rings is 2. The van der Waals surface area contributed by atoms with Crippen LogP contribution in [0.2, 0.25) is 0 Å². The third kappa shape index (κ3) is 4.64. The Balaban J connectivity index is 1.54. The highest BCUT2D eigenvalue weighted by Crippen LogP contribution is 2.29. The van der Waals surface area contributed by atoms with E-state index in [0.29, 0.717) is 18.0 Å². The van der Waals surface area contributed by atoms with Crippen LogP contribution in [0, 0.1) is 0 Å². The average Bonchev–Trinajstić information content (AvgIpc) is 3.12. The zero-order valence-electron chi connectivity index (χ0n) is 14.8. The Bertz CT molecular complexity index is 937. The van der Waals surface area contributed by atoms with Crippen LogP contribution in [0.4, 0.5) is 5.69 Å². The van der Waals surface area contributed by atoms with E-state index in [9.17, 15) is 14.7 Å². The predicted octanol–water partition coefficient (Wildman–Crippen LogP) is 3.09. The highest BCUT2D eigenvalue weighted by Gasteiger charge is 2.18. The molecule has 2 amide bonds. The molecule has 1 aromatic heterocycles. The van der Waals surface area contributed by atoms with E-state index < -0.39 is 17.9 Å². The predicted molar refractivity (Wildman–Crippen MR) is 106 cm³/mol. The molecule has 3 rings (SSSR count). The van der Waals surface area contributed by atoms with E-state index in [1.54, 1.807) is 24.3 Å². The lowest BCUT2D eigenvalue weighted by Gasteiger charge is -2.12. The number of nitrogens with one attached hydrogen (secondary N) is 2. The number of thiophene rings is 1. The number of anilines is 1. The molecule has 1 unspecified atom stereocenters. The molecule has 2 aromatic carbocycles. The fourth-order valence-electron chi connectivity index (χ4n) is 2.63. The molecule has 3 N–H and O–H groups in total. The van der Waals surface area contributed by atoms with Crippen LogP contribution >= 0.6 is 11.3 Å². The van der Waals surface area contributed by atoms with Gasteiger partial charge < -0.3 is 20.5 Å². The largest absolute Gasteiger partial charge is 0.494 e. The number of fused-ring (bicyclic) bond motifs is 1. The topological polar surface area (TPSA) is 87.7 Å². The quantitative estimate of drug-likeness (QED) is 0.570. The molecular weight excluding hydrogens is 364 g/mol. The summed E-state index contributed by atoms with van der Waals surface area (Å²) in [5.41, 5.74) is 1.23. The van der Waals surface area contributed by atoms with E-state index in [2.05, 4.69) is 10.6 Å². The Labute approximate surface area is 160 Å². The molecule has 0 bridgehead atoms. The molecule has 0 aliphatic carbocycles. The van der Waals surface area contributed by atoms with E-state index in [1.807, 2.05) is 36.6 Å². The highest BCUT2D eigenvalue weighted by atomic mass is 32.1. The van der Waals surface area contributed by atoms with Gasteiger partial charge >= 0.3 is 11.8 Å². The maximum atomic E-state index is 12.0. The second-order valence-corrected chi connectivity index (χ2v) is 6.74. The number of carbonyl (C=O) groups is 2. The summed E-state index contributed by atoms with van der Waals surface area (Å²) in [6, 6.07) is 14.5. The number of hydrogen-bond donors (Lipinski definition) is 3. The fraction of sp³-hybridized carbons (Fsp3) is 0.200. The van der Waals surface area contributed by atoms with Gasteiger partial charge in [-0.2, -0.15) is 0 Å². The molecule has 0 aliphatic heterocycles. The molecule has 0 saturated heterocycles. The summed E-state index contributed by atoms with van der Waals surface area (Å²) in [6.07, 6.45) is -0.886. The first kappa shape index (κ1) is 18.9. The van der Waals surface area contributed by atoms with Crippen LogP contribution in [0.15, 0.2) is 53.9 Å². The Morgan fingerprint density at radius 1 is 1.11 bits per heavy atom. The van der Waals surface area contributed by atoms with Crippen molar-refractivity contribution in [3.05, 3.63) is 59.5 Å². The molecule has 27 heavy (non-hydrogen) atoms. The monoisotopic (exact) mass is 384 g/mol. The van der Waals surface area contributed by atoms with E-state index in [1.165, 1.54) is 11.3 Å². The van der Waals surface area contributed by atoms with Gasteiger partial charge in [0.2, 0.25) is 0 Å². The SMILES string of the molecule is CCOc1ccc(NC(=O)C(=O)NCC(O)c2csc3ccccc23)cc1. The number of carbonyl (C=O) groups excluding carboxylic acids is 2. The number of amides is 2. The van der Waals surface area contributed by atoms with Gasteiger partial charge in [0, 0.05) is 22.5 Å². The zero-order chi connectivity index (χ0) is 19.2. The molecule has 0 spiro atoms. The van der Waals surface area contributed by atoms with Crippen molar-refractivity contribution in [2.45, 2.75) is 13.0 Å². The van der Waals surface area contributed by atoms with Crippen molar-refractivity contribution in [1.82, 2.24) is 5.32 Å². The molecule has 0 saturated carbocycles. The van der Waals surface area contributed by atoms with Gasteiger partial charge in [0.25, 0.3) is 0 Å². The molecule has 0 fully saturated rings. The van der Waals surface area contributed by atoms with E-state index in [0.717, 1.165) is 15.6 Å². The summed E-state index contributed by atoms with van der Waals surface area (Å²) in [4.78, 5) is 24.0. The first-order valence-electron chi connectivity index (χ1n) is 8.54. The van der Waals surface area contributed by atoms with Crippen molar-refractivity contribution in [3.8, 4) is 5.75 Å². The smallest absolute Gasteiger partial charge is 0.313 e. The average molecular weight is 384 g/mol. The summed E-state index contributed by atoms with van der Waals surface area (Å²) in [5, 5.41) is 18.1. The Hall–Kier alpha value is -2.90. The Kier molecular flexibility index (Phi) is 6.05. The van der Waals surface area contributed by atoms with Gasteiger partial charge in [-0.15, -0.1) is 11.3 Å². The molecule has 3 aromatic rings. The summed E-state index contributed by atoms with van der Waals surface area (Å²) in [6.45, 7) is 2.39. The summed E-state index contributed by atoms with van der Waals surface area (Å²) < 4.78 is 6.39. The van der Waals surface area contributed by atoms with Crippen molar-refractivity contribution < 1.29 is 19.4 Å². The minimum atomic E-state index is -0.886. The summed E-state index contributed by atoms with van der Waals surface area (Å²) in [7, 11) is 0. The van der Waals surface area contributed by atoms with Gasteiger partial charge in [-0.05, 0) is 48.0 Å². The second-order valence-electron chi connectivity index (χ2n) is 5.82. The van der Waals surface area contributed by atoms with Gasteiger partial charge in [-0.25, -0.2) is 0 Å². The van der Waals surface area contributed by atoms with Crippen molar-refractivity contribution in [2.24, 2.45) is 0 Å². The summed E-state index contributed by atoms with van der Waals surface area (Å²) in [5.74, 6) is -0.907. The molecule has 7 heteroatoms. The third-order valence-corrected chi connectivity index (χ3v) is 4.94. The lowest BCUT2D eigenvalue weighted by molar-refractivity contribution is -0.136. The summed E-state index contributed by atoms with van der Waals surface area (Å²) >= 11 is 1.53. The zero-order valence-corrected chi connectivity index (χ0v) is 15.6. The van der Waals surface area contributed by atoms with Crippen LogP contribution in [-0.2, 0) is 9.59 Å². The number of hydrogen-bond acceptors (Lipinski definition) is 5. The lowest BCUT2D eigenvalue weighted by atomic mass is 10.1. The van der Waals surface area contributed by atoms with E-state index in [-0.39, 0.29) is 6.54 Å². The number of aliphatic hydroxyl groups excluding tert-OH is 1.